The standard InChI is InChI=1S/C15H21NO4/c1-8-5-11-12(6-8)14(18)16(13(11)17)7-9-3-2-4-10(9)15(19)20/h8-12H,2-7H2,1H3,(H,19,20). The monoisotopic (exact) mass is 279 g/mol. The number of amides is 2. The van der Waals surface area contributed by atoms with Gasteiger partial charge in [0, 0.05) is 6.54 Å². The summed E-state index contributed by atoms with van der Waals surface area (Å²) in [6.07, 6.45) is 3.96. The molecule has 5 heteroatoms. The molecule has 0 bridgehead atoms. The Morgan fingerprint density at radius 2 is 1.80 bits per heavy atom. The number of nitrogens with zero attached hydrogens (tertiary/aromatic N) is 1. The number of rotatable bonds is 3. The van der Waals surface area contributed by atoms with E-state index in [0.717, 1.165) is 25.7 Å². The Hall–Kier alpha value is -1.39. The van der Waals surface area contributed by atoms with Crippen LogP contribution in [0, 0.1) is 29.6 Å². The highest BCUT2D eigenvalue weighted by Gasteiger charge is 2.52. The number of carbonyl (C=O) groups excluding carboxylic acids is 2. The maximum Gasteiger partial charge on any atom is 0.306 e. The Morgan fingerprint density at radius 3 is 2.35 bits per heavy atom. The smallest absolute Gasteiger partial charge is 0.306 e. The number of carbonyl (C=O) groups is 3. The summed E-state index contributed by atoms with van der Waals surface area (Å²) >= 11 is 0. The second-order valence-electron chi connectivity index (χ2n) is 6.71. The predicted octanol–water partition coefficient (Wildman–Crippen LogP) is 1.52. The van der Waals surface area contributed by atoms with E-state index in [0.29, 0.717) is 18.9 Å². The largest absolute Gasteiger partial charge is 0.481 e. The van der Waals surface area contributed by atoms with Crippen LogP contribution < -0.4 is 0 Å². The summed E-state index contributed by atoms with van der Waals surface area (Å²) in [4.78, 5) is 37.3. The lowest BCUT2D eigenvalue weighted by molar-refractivity contribution is -0.147. The molecule has 1 heterocycles. The van der Waals surface area contributed by atoms with Gasteiger partial charge in [0.15, 0.2) is 0 Å². The van der Waals surface area contributed by atoms with Gasteiger partial charge < -0.3 is 5.11 Å². The first-order valence-corrected chi connectivity index (χ1v) is 7.57. The highest BCUT2D eigenvalue weighted by atomic mass is 16.4. The summed E-state index contributed by atoms with van der Waals surface area (Å²) < 4.78 is 0. The fraction of sp³-hybridized carbons (Fsp3) is 0.800. The summed E-state index contributed by atoms with van der Waals surface area (Å²) in [5.74, 6) is -1.18. The van der Waals surface area contributed by atoms with Gasteiger partial charge >= 0.3 is 5.97 Å². The third-order valence-electron chi connectivity index (χ3n) is 5.36. The van der Waals surface area contributed by atoms with Crippen LogP contribution in [0.5, 0.6) is 0 Å². The number of fused-ring (bicyclic) bond motifs is 1. The average molecular weight is 279 g/mol. The third-order valence-corrected chi connectivity index (χ3v) is 5.36. The molecular formula is C15H21NO4. The molecule has 0 aromatic carbocycles. The molecule has 2 aliphatic carbocycles. The number of hydrogen-bond donors (Lipinski definition) is 1. The van der Waals surface area contributed by atoms with Gasteiger partial charge in [-0.1, -0.05) is 13.3 Å². The average Bonchev–Trinajstić information content (AvgIpc) is 3.04. The first kappa shape index (κ1) is 13.6. The zero-order valence-electron chi connectivity index (χ0n) is 11.7. The Bertz CT molecular complexity index is 437. The van der Waals surface area contributed by atoms with Gasteiger partial charge in [0.05, 0.1) is 17.8 Å². The maximum atomic E-state index is 12.4. The van der Waals surface area contributed by atoms with Crippen LogP contribution in [0.1, 0.15) is 39.0 Å². The minimum absolute atomic E-state index is 0.0552. The minimum atomic E-state index is -0.791. The first-order chi connectivity index (χ1) is 9.49. The Kier molecular flexibility index (Phi) is 3.30. The molecular weight excluding hydrogens is 258 g/mol. The van der Waals surface area contributed by atoms with Gasteiger partial charge in [-0.3, -0.25) is 19.3 Å². The van der Waals surface area contributed by atoms with Crippen molar-refractivity contribution in [2.45, 2.75) is 39.0 Å². The lowest BCUT2D eigenvalue weighted by Gasteiger charge is -2.23. The molecule has 4 unspecified atom stereocenters. The molecule has 1 saturated heterocycles. The molecule has 1 N–H and O–H groups in total. The van der Waals surface area contributed by atoms with Crippen LogP contribution in [0.3, 0.4) is 0 Å². The van der Waals surface area contributed by atoms with Crippen molar-refractivity contribution in [1.29, 1.82) is 0 Å². The molecule has 5 nitrogen and oxygen atoms in total. The molecule has 0 aromatic heterocycles. The van der Waals surface area contributed by atoms with Crippen molar-refractivity contribution in [3.8, 4) is 0 Å². The van der Waals surface area contributed by atoms with Gasteiger partial charge in [-0.15, -0.1) is 0 Å². The second-order valence-corrected chi connectivity index (χ2v) is 6.71. The van der Waals surface area contributed by atoms with Crippen molar-refractivity contribution >= 4 is 17.8 Å². The van der Waals surface area contributed by atoms with Gasteiger partial charge in [-0.25, -0.2) is 0 Å². The van der Waals surface area contributed by atoms with Crippen molar-refractivity contribution in [2.24, 2.45) is 29.6 Å². The van der Waals surface area contributed by atoms with E-state index in [1.54, 1.807) is 0 Å². The SMILES string of the molecule is CC1CC2C(=O)N(CC3CCCC3C(=O)O)C(=O)C2C1. The zero-order valence-corrected chi connectivity index (χ0v) is 11.7. The topological polar surface area (TPSA) is 74.7 Å². The van der Waals surface area contributed by atoms with E-state index in [-0.39, 0.29) is 29.6 Å². The van der Waals surface area contributed by atoms with E-state index in [2.05, 4.69) is 6.92 Å². The van der Waals surface area contributed by atoms with Gasteiger partial charge in [0.25, 0.3) is 0 Å². The molecule has 3 rings (SSSR count). The fourth-order valence-electron chi connectivity index (χ4n) is 4.34. The van der Waals surface area contributed by atoms with Crippen LogP contribution >= 0.6 is 0 Å². The van der Waals surface area contributed by atoms with E-state index >= 15 is 0 Å². The second kappa shape index (κ2) is 4.86. The maximum absolute atomic E-state index is 12.4. The normalized spacial score (nSPS) is 40.5. The minimum Gasteiger partial charge on any atom is -0.481 e. The highest BCUT2D eigenvalue weighted by molar-refractivity contribution is 6.05. The Balaban J connectivity index is 1.71. The highest BCUT2D eigenvalue weighted by Crippen LogP contribution is 2.44. The summed E-state index contributed by atoms with van der Waals surface area (Å²) in [6.45, 7) is 2.40. The van der Waals surface area contributed by atoms with Crippen LogP contribution in [0.2, 0.25) is 0 Å². The molecule has 0 radical (unpaired) electrons. The summed E-state index contributed by atoms with van der Waals surface area (Å²) in [5.41, 5.74) is 0. The molecule has 3 fully saturated rings. The van der Waals surface area contributed by atoms with E-state index in [9.17, 15) is 19.5 Å². The molecule has 0 aromatic rings. The molecule has 0 spiro atoms. The van der Waals surface area contributed by atoms with Crippen LogP contribution in [0.25, 0.3) is 0 Å². The molecule has 2 amide bonds. The van der Waals surface area contributed by atoms with E-state index in [1.165, 1.54) is 4.90 Å². The molecule has 2 saturated carbocycles. The lowest BCUT2D eigenvalue weighted by Crippen LogP contribution is -2.38. The zero-order chi connectivity index (χ0) is 14.4. The Morgan fingerprint density at radius 1 is 1.20 bits per heavy atom. The van der Waals surface area contributed by atoms with Crippen LogP contribution in [0.4, 0.5) is 0 Å². The van der Waals surface area contributed by atoms with Crippen molar-refractivity contribution in [2.75, 3.05) is 6.54 Å². The number of carboxylic acid groups (broad SMARTS) is 1. The van der Waals surface area contributed by atoms with Gasteiger partial charge in [-0.05, 0) is 37.5 Å². The van der Waals surface area contributed by atoms with E-state index in [1.807, 2.05) is 0 Å². The summed E-state index contributed by atoms with van der Waals surface area (Å²) in [5, 5.41) is 9.20. The molecule has 1 aliphatic heterocycles. The van der Waals surface area contributed by atoms with Gasteiger partial charge in [-0.2, -0.15) is 0 Å². The van der Waals surface area contributed by atoms with Gasteiger partial charge in [0.1, 0.15) is 0 Å². The van der Waals surface area contributed by atoms with Crippen molar-refractivity contribution < 1.29 is 19.5 Å². The Labute approximate surface area is 118 Å². The molecule has 20 heavy (non-hydrogen) atoms. The molecule has 4 atom stereocenters. The van der Waals surface area contributed by atoms with Crippen molar-refractivity contribution in [3.63, 3.8) is 0 Å². The number of hydrogen-bond acceptors (Lipinski definition) is 3. The predicted molar refractivity (Wildman–Crippen MR) is 70.6 cm³/mol. The summed E-state index contributed by atoms with van der Waals surface area (Å²) in [7, 11) is 0. The number of imide groups is 1. The van der Waals surface area contributed by atoms with Crippen LogP contribution in [-0.2, 0) is 14.4 Å². The third kappa shape index (κ3) is 2.03. The van der Waals surface area contributed by atoms with E-state index in [4.69, 9.17) is 0 Å². The number of aliphatic carboxylic acids is 1. The molecule has 110 valence electrons. The van der Waals surface area contributed by atoms with Crippen LogP contribution in [-0.4, -0.2) is 34.3 Å². The van der Waals surface area contributed by atoms with Crippen molar-refractivity contribution in [1.82, 2.24) is 4.90 Å². The fourth-order valence-corrected chi connectivity index (χ4v) is 4.34. The lowest BCUT2D eigenvalue weighted by atomic mass is 9.95. The summed E-state index contributed by atoms with van der Waals surface area (Å²) in [6, 6.07) is 0. The quantitative estimate of drug-likeness (QED) is 0.795. The number of carboxylic acids is 1. The molecule has 3 aliphatic rings. The van der Waals surface area contributed by atoms with Crippen molar-refractivity contribution in [3.05, 3.63) is 0 Å². The van der Waals surface area contributed by atoms with E-state index < -0.39 is 11.9 Å². The first-order valence-electron chi connectivity index (χ1n) is 7.57. The van der Waals surface area contributed by atoms with Crippen LogP contribution in [0.15, 0.2) is 0 Å². The van der Waals surface area contributed by atoms with Gasteiger partial charge in [0.2, 0.25) is 11.8 Å². The number of likely N-dealkylation sites (tertiary alicyclic amines) is 1.